The van der Waals surface area contributed by atoms with Crippen molar-refractivity contribution in [3.05, 3.63) is 63.4 Å². The lowest BCUT2D eigenvalue weighted by atomic mass is 9.81. The van der Waals surface area contributed by atoms with E-state index in [0.29, 0.717) is 47.8 Å². The predicted molar refractivity (Wildman–Crippen MR) is 177 cm³/mol. The summed E-state index contributed by atoms with van der Waals surface area (Å²) in [5.74, 6) is -1.89. The van der Waals surface area contributed by atoms with Crippen LogP contribution >= 0.6 is 0 Å². The molecule has 1 fully saturated rings. The normalized spacial score (nSPS) is 17.4. The van der Waals surface area contributed by atoms with Crippen LogP contribution in [0.15, 0.2) is 18.2 Å². The molecule has 4 heterocycles. The van der Waals surface area contributed by atoms with Crippen molar-refractivity contribution in [1.29, 1.82) is 0 Å². The zero-order valence-corrected chi connectivity index (χ0v) is 28.9. The lowest BCUT2D eigenvalue weighted by Gasteiger charge is -2.41. The molecule has 8 nitrogen and oxygen atoms in total. The van der Waals surface area contributed by atoms with E-state index >= 15 is 0 Å². The van der Waals surface area contributed by atoms with Gasteiger partial charge in [0.05, 0.1) is 11.3 Å². The number of carbonyl (C=O) groups is 1. The number of carboxylic acids is 1. The Balaban J connectivity index is 1.61. The first kappa shape index (κ1) is 34.6. The van der Waals surface area contributed by atoms with Gasteiger partial charge in [-0.3, -0.25) is 4.98 Å². The highest BCUT2D eigenvalue weighted by Gasteiger charge is 2.38. The number of hydrogen-bond donors (Lipinski definition) is 1. The minimum Gasteiger partial charge on any atom is -0.479 e. The second kappa shape index (κ2) is 12.4. The molecule has 1 saturated heterocycles. The number of piperidine rings is 1. The van der Waals surface area contributed by atoms with Crippen molar-refractivity contribution in [1.82, 2.24) is 15.0 Å². The third kappa shape index (κ3) is 7.24. The maximum Gasteiger partial charge on any atom is 0.451 e. The standard InChI is InChI=1S/C36H46F3N5O3/c1-20-21(2)41-33(36(37,38)39)42-31(20)44-15-12-24-18-25(10-11-26(24)19-44)27-22(3)40-23(4)28(30(32(45)46)47-34(5,6)7)29(27)43-16-13-35(8,9)14-17-43/h10-11,18,30H,12-17,19H2,1-9H3,(H,45,46). The number of pyridine rings is 1. The number of benzene rings is 1. The topological polar surface area (TPSA) is 91.7 Å². The maximum absolute atomic E-state index is 13.6. The number of fused-ring (bicyclic) bond motifs is 1. The smallest absolute Gasteiger partial charge is 0.451 e. The quantitative estimate of drug-likeness (QED) is 0.287. The van der Waals surface area contributed by atoms with E-state index in [1.54, 1.807) is 13.8 Å². The van der Waals surface area contributed by atoms with Crippen LogP contribution in [-0.4, -0.2) is 51.3 Å². The molecule has 2 aromatic heterocycles. The van der Waals surface area contributed by atoms with Gasteiger partial charge >= 0.3 is 12.1 Å². The highest BCUT2D eigenvalue weighted by Crippen LogP contribution is 2.45. The van der Waals surface area contributed by atoms with E-state index in [2.05, 4.69) is 34.8 Å². The first-order valence-electron chi connectivity index (χ1n) is 16.2. The number of aliphatic carboxylic acids is 1. The number of anilines is 2. The molecule has 3 aromatic rings. The van der Waals surface area contributed by atoms with Gasteiger partial charge in [-0.15, -0.1) is 0 Å². The molecule has 1 aromatic carbocycles. The minimum absolute atomic E-state index is 0.182. The van der Waals surface area contributed by atoms with Gasteiger partial charge in [0.1, 0.15) is 5.82 Å². The molecule has 2 aliphatic rings. The summed E-state index contributed by atoms with van der Waals surface area (Å²) in [7, 11) is 0. The molecule has 0 bridgehead atoms. The van der Waals surface area contributed by atoms with E-state index in [1.165, 1.54) is 0 Å². The molecular weight excluding hydrogens is 607 g/mol. The number of rotatable bonds is 6. The monoisotopic (exact) mass is 653 g/mol. The van der Waals surface area contributed by atoms with Crippen molar-refractivity contribution in [3.8, 4) is 11.1 Å². The third-order valence-corrected chi connectivity index (χ3v) is 9.39. The van der Waals surface area contributed by atoms with Gasteiger partial charge in [0, 0.05) is 60.0 Å². The van der Waals surface area contributed by atoms with Gasteiger partial charge in [0.25, 0.3) is 0 Å². The van der Waals surface area contributed by atoms with Crippen molar-refractivity contribution in [2.45, 2.75) is 106 Å². The van der Waals surface area contributed by atoms with Gasteiger partial charge in [0.15, 0.2) is 6.10 Å². The number of aromatic nitrogens is 3. The van der Waals surface area contributed by atoms with E-state index in [1.807, 2.05) is 51.7 Å². The van der Waals surface area contributed by atoms with Gasteiger partial charge in [-0.1, -0.05) is 32.0 Å². The molecule has 0 aliphatic carbocycles. The van der Waals surface area contributed by atoms with Crippen molar-refractivity contribution in [2.75, 3.05) is 29.4 Å². The van der Waals surface area contributed by atoms with Crippen LogP contribution in [0.2, 0.25) is 0 Å². The van der Waals surface area contributed by atoms with Gasteiger partial charge in [-0.25, -0.2) is 14.8 Å². The summed E-state index contributed by atoms with van der Waals surface area (Å²) in [6.07, 6.45) is -3.31. The average molecular weight is 654 g/mol. The molecule has 47 heavy (non-hydrogen) atoms. The fourth-order valence-electron chi connectivity index (χ4n) is 6.69. The summed E-state index contributed by atoms with van der Waals surface area (Å²) < 4.78 is 46.9. The van der Waals surface area contributed by atoms with Gasteiger partial charge in [-0.2, -0.15) is 13.2 Å². The Kier molecular flexibility index (Phi) is 9.11. The van der Waals surface area contributed by atoms with Crippen LogP contribution < -0.4 is 9.80 Å². The van der Waals surface area contributed by atoms with E-state index < -0.39 is 29.7 Å². The minimum atomic E-state index is -4.63. The lowest BCUT2D eigenvalue weighted by molar-refractivity contribution is -0.160. The molecule has 0 radical (unpaired) electrons. The Morgan fingerprint density at radius 1 is 0.915 bits per heavy atom. The maximum atomic E-state index is 13.6. The Labute approximate surface area is 275 Å². The fourth-order valence-corrected chi connectivity index (χ4v) is 6.69. The van der Waals surface area contributed by atoms with Crippen LogP contribution in [0, 0.1) is 33.1 Å². The molecule has 1 unspecified atom stereocenters. The van der Waals surface area contributed by atoms with E-state index in [9.17, 15) is 23.1 Å². The first-order chi connectivity index (χ1) is 21.8. The van der Waals surface area contributed by atoms with Gasteiger partial charge < -0.3 is 19.6 Å². The van der Waals surface area contributed by atoms with Crippen molar-refractivity contribution < 1.29 is 27.8 Å². The first-order valence-corrected chi connectivity index (χ1v) is 16.2. The number of hydrogen-bond acceptors (Lipinski definition) is 7. The van der Waals surface area contributed by atoms with Crippen LogP contribution in [-0.2, 0) is 28.7 Å². The van der Waals surface area contributed by atoms with E-state index in [-0.39, 0.29) is 5.41 Å². The summed E-state index contributed by atoms with van der Waals surface area (Å²) in [6, 6.07) is 6.17. The summed E-state index contributed by atoms with van der Waals surface area (Å²) in [5.41, 5.74) is 7.18. The highest BCUT2D eigenvalue weighted by atomic mass is 19.4. The van der Waals surface area contributed by atoms with Crippen LogP contribution in [0.5, 0.6) is 0 Å². The molecule has 5 rings (SSSR count). The van der Waals surface area contributed by atoms with E-state index in [0.717, 1.165) is 59.6 Å². The molecule has 1 N–H and O–H groups in total. The molecule has 0 spiro atoms. The molecule has 0 amide bonds. The number of ether oxygens (including phenoxy) is 1. The summed E-state index contributed by atoms with van der Waals surface area (Å²) in [5, 5.41) is 10.5. The number of aryl methyl sites for hydroxylation is 3. The Morgan fingerprint density at radius 2 is 1.57 bits per heavy atom. The summed E-state index contributed by atoms with van der Waals surface area (Å²) in [6.45, 7) is 19.7. The number of nitrogens with zero attached hydrogens (tertiary/aromatic N) is 5. The van der Waals surface area contributed by atoms with Crippen molar-refractivity contribution >= 4 is 17.5 Å². The molecule has 2 aliphatic heterocycles. The fraction of sp³-hybridized carbons (Fsp3) is 0.556. The second-order valence-corrected chi connectivity index (χ2v) is 14.8. The Bertz CT molecular complexity index is 1690. The number of halogens is 3. The summed E-state index contributed by atoms with van der Waals surface area (Å²) in [4.78, 5) is 29.5. The Morgan fingerprint density at radius 3 is 2.17 bits per heavy atom. The lowest BCUT2D eigenvalue weighted by Crippen LogP contribution is -2.39. The van der Waals surface area contributed by atoms with Crippen molar-refractivity contribution in [2.24, 2.45) is 5.41 Å². The van der Waals surface area contributed by atoms with Crippen LogP contribution in [0.4, 0.5) is 24.7 Å². The van der Waals surface area contributed by atoms with Crippen molar-refractivity contribution in [3.63, 3.8) is 0 Å². The molecular formula is C36H46F3N5O3. The zero-order chi connectivity index (χ0) is 34.6. The SMILES string of the molecule is Cc1nc(C(F)(F)F)nc(N2CCc3cc(-c4c(C)nc(C)c(C(OC(C)(C)C)C(=O)O)c4N4CCC(C)(C)CC4)ccc3C2)c1C. The predicted octanol–water partition coefficient (Wildman–Crippen LogP) is 7.92. The average Bonchev–Trinajstić information content (AvgIpc) is 2.95. The molecule has 254 valence electrons. The van der Waals surface area contributed by atoms with Crippen LogP contribution in [0.3, 0.4) is 0 Å². The number of carboxylic acid groups (broad SMARTS) is 1. The van der Waals surface area contributed by atoms with E-state index in [4.69, 9.17) is 9.72 Å². The highest BCUT2D eigenvalue weighted by molar-refractivity contribution is 5.88. The van der Waals surface area contributed by atoms with Crippen LogP contribution in [0.25, 0.3) is 11.1 Å². The summed E-state index contributed by atoms with van der Waals surface area (Å²) >= 11 is 0. The molecule has 0 saturated carbocycles. The molecule has 11 heteroatoms. The zero-order valence-electron chi connectivity index (χ0n) is 28.9. The third-order valence-electron chi connectivity index (χ3n) is 9.39. The van der Waals surface area contributed by atoms with Gasteiger partial charge in [-0.05, 0) is 89.8 Å². The second-order valence-electron chi connectivity index (χ2n) is 14.8. The Hall–Kier alpha value is -3.73. The number of alkyl halides is 3. The largest absolute Gasteiger partial charge is 0.479 e. The molecule has 1 atom stereocenters. The van der Waals surface area contributed by atoms with Gasteiger partial charge in [0.2, 0.25) is 5.82 Å². The van der Waals surface area contributed by atoms with Crippen LogP contribution in [0.1, 0.15) is 98.7 Å².